The molecule has 33 heavy (non-hydrogen) atoms. The number of aromatic nitrogens is 3. The SMILES string of the molecule is Cn1c(CNC(=O)c2ccc3c(c2)OCO3)nnc1SCC(=O)N1CCc2ccccc2C1. The van der Waals surface area contributed by atoms with Gasteiger partial charge in [0, 0.05) is 25.7 Å². The predicted octanol–water partition coefficient (Wildman–Crippen LogP) is 2.15. The minimum atomic E-state index is -0.244. The molecular weight excluding hydrogens is 442 g/mol. The lowest BCUT2D eigenvalue weighted by atomic mass is 10.00. The van der Waals surface area contributed by atoms with Crippen LogP contribution in [0.1, 0.15) is 27.3 Å². The summed E-state index contributed by atoms with van der Waals surface area (Å²) in [5.41, 5.74) is 3.00. The summed E-state index contributed by atoms with van der Waals surface area (Å²) < 4.78 is 12.4. The Bertz CT molecular complexity index is 1210. The Kier molecular flexibility index (Phi) is 5.91. The first-order valence-electron chi connectivity index (χ1n) is 10.6. The molecule has 1 N–H and O–H groups in total. The molecule has 3 heterocycles. The number of ether oxygens (including phenoxy) is 2. The van der Waals surface area contributed by atoms with Crippen LogP contribution in [0.15, 0.2) is 47.6 Å². The van der Waals surface area contributed by atoms with Crippen molar-refractivity contribution in [1.82, 2.24) is 25.0 Å². The average Bonchev–Trinajstić information content (AvgIpc) is 3.46. The molecule has 5 rings (SSSR count). The third-order valence-corrected chi connectivity index (χ3v) is 6.78. The van der Waals surface area contributed by atoms with E-state index in [2.05, 4.69) is 27.6 Å². The molecule has 2 amide bonds. The van der Waals surface area contributed by atoms with E-state index >= 15 is 0 Å². The van der Waals surface area contributed by atoms with Gasteiger partial charge in [0.1, 0.15) is 0 Å². The number of hydrogen-bond acceptors (Lipinski definition) is 7. The van der Waals surface area contributed by atoms with Crippen LogP contribution in [-0.2, 0) is 31.4 Å². The van der Waals surface area contributed by atoms with E-state index in [0.29, 0.717) is 34.6 Å². The molecule has 3 aromatic rings. The molecule has 0 saturated heterocycles. The maximum absolute atomic E-state index is 12.7. The summed E-state index contributed by atoms with van der Waals surface area (Å²) in [6.45, 7) is 1.75. The van der Waals surface area contributed by atoms with E-state index in [1.807, 2.05) is 24.1 Å². The van der Waals surface area contributed by atoms with E-state index < -0.39 is 0 Å². The molecule has 0 fully saturated rings. The van der Waals surface area contributed by atoms with Gasteiger partial charge in [-0.05, 0) is 35.7 Å². The third kappa shape index (κ3) is 4.51. The monoisotopic (exact) mass is 465 g/mol. The fraction of sp³-hybridized carbons (Fsp3) is 0.304. The molecule has 170 valence electrons. The van der Waals surface area contributed by atoms with Crippen LogP contribution in [-0.4, -0.2) is 50.6 Å². The average molecular weight is 466 g/mol. The Balaban J connectivity index is 1.14. The first-order valence-corrected chi connectivity index (χ1v) is 11.6. The zero-order valence-electron chi connectivity index (χ0n) is 18.1. The standard InChI is InChI=1S/C23H23N5O4S/c1-27-20(11-24-22(30)16-6-7-18-19(10-16)32-14-31-18)25-26-23(27)33-13-21(29)28-9-8-15-4-2-3-5-17(15)12-28/h2-7,10H,8-9,11-14H2,1H3,(H,24,30). The lowest BCUT2D eigenvalue weighted by molar-refractivity contribution is -0.129. The highest BCUT2D eigenvalue weighted by molar-refractivity contribution is 7.99. The number of benzene rings is 2. The zero-order chi connectivity index (χ0) is 22.8. The second-order valence-electron chi connectivity index (χ2n) is 7.83. The summed E-state index contributed by atoms with van der Waals surface area (Å²) in [4.78, 5) is 27.1. The van der Waals surface area contributed by atoms with Gasteiger partial charge in [-0.1, -0.05) is 36.0 Å². The Labute approximate surface area is 195 Å². The summed E-state index contributed by atoms with van der Waals surface area (Å²) in [5, 5.41) is 11.8. The number of nitrogens with one attached hydrogen (secondary N) is 1. The first-order chi connectivity index (χ1) is 16.1. The van der Waals surface area contributed by atoms with Crippen LogP contribution in [0.25, 0.3) is 0 Å². The van der Waals surface area contributed by atoms with Crippen LogP contribution in [0.5, 0.6) is 11.5 Å². The van der Waals surface area contributed by atoms with Crippen molar-refractivity contribution in [2.45, 2.75) is 24.7 Å². The van der Waals surface area contributed by atoms with Gasteiger partial charge in [0.05, 0.1) is 12.3 Å². The third-order valence-electron chi connectivity index (χ3n) is 5.77. The van der Waals surface area contributed by atoms with Gasteiger partial charge in [-0.15, -0.1) is 10.2 Å². The molecule has 9 nitrogen and oxygen atoms in total. The Morgan fingerprint density at radius 2 is 1.91 bits per heavy atom. The van der Waals surface area contributed by atoms with E-state index in [1.165, 1.54) is 22.9 Å². The maximum atomic E-state index is 12.7. The molecule has 2 aliphatic heterocycles. The van der Waals surface area contributed by atoms with Crippen LogP contribution in [0, 0.1) is 0 Å². The van der Waals surface area contributed by atoms with Crippen LogP contribution < -0.4 is 14.8 Å². The summed E-state index contributed by atoms with van der Waals surface area (Å²) in [6.07, 6.45) is 0.879. The summed E-state index contributed by atoms with van der Waals surface area (Å²) in [5.74, 6) is 1.91. The second-order valence-corrected chi connectivity index (χ2v) is 8.77. The van der Waals surface area contributed by atoms with Crippen LogP contribution in [0.4, 0.5) is 0 Å². The van der Waals surface area contributed by atoms with E-state index in [9.17, 15) is 9.59 Å². The number of thioether (sulfide) groups is 1. The quantitative estimate of drug-likeness (QED) is 0.557. The van der Waals surface area contributed by atoms with Crippen LogP contribution in [0.3, 0.4) is 0 Å². The number of carbonyl (C=O) groups excluding carboxylic acids is 2. The van der Waals surface area contributed by atoms with Gasteiger partial charge in [-0.2, -0.15) is 0 Å². The molecular formula is C23H23N5O4S. The van der Waals surface area contributed by atoms with Crippen molar-refractivity contribution in [1.29, 1.82) is 0 Å². The molecule has 2 aromatic carbocycles. The van der Waals surface area contributed by atoms with Gasteiger partial charge >= 0.3 is 0 Å². The van der Waals surface area contributed by atoms with Crippen molar-refractivity contribution in [2.75, 3.05) is 19.1 Å². The smallest absolute Gasteiger partial charge is 0.251 e. The minimum absolute atomic E-state index is 0.0789. The number of carbonyl (C=O) groups is 2. The van der Waals surface area contributed by atoms with Crippen molar-refractivity contribution in [3.05, 3.63) is 65.0 Å². The Morgan fingerprint density at radius 3 is 2.79 bits per heavy atom. The van der Waals surface area contributed by atoms with E-state index in [-0.39, 0.29) is 30.9 Å². The van der Waals surface area contributed by atoms with Gasteiger partial charge in [-0.3, -0.25) is 9.59 Å². The largest absolute Gasteiger partial charge is 0.454 e. The first kappa shape index (κ1) is 21.3. The highest BCUT2D eigenvalue weighted by Crippen LogP contribution is 2.32. The van der Waals surface area contributed by atoms with Gasteiger partial charge in [0.15, 0.2) is 22.5 Å². The van der Waals surface area contributed by atoms with Gasteiger partial charge < -0.3 is 24.3 Å². The highest BCUT2D eigenvalue weighted by Gasteiger charge is 2.22. The summed E-state index contributed by atoms with van der Waals surface area (Å²) in [7, 11) is 1.83. The van der Waals surface area contributed by atoms with Crippen molar-refractivity contribution in [2.24, 2.45) is 7.05 Å². The minimum Gasteiger partial charge on any atom is -0.454 e. The van der Waals surface area contributed by atoms with E-state index in [1.54, 1.807) is 22.8 Å². The van der Waals surface area contributed by atoms with E-state index in [0.717, 1.165) is 13.0 Å². The number of amides is 2. The van der Waals surface area contributed by atoms with Crippen LogP contribution in [0.2, 0.25) is 0 Å². The lowest BCUT2D eigenvalue weighted by Crippen LogP contribution is -2.37. The molecule has 0 spiro atoms. The summed E-state index contributed by atoms with van der Waals surface area (Å²) in [6, 6.07) is 13.3. The molecule has 0 bridgehead atoms. The molecule has 0 unspecified atom stereocenters. The van der Waals surface area contributed by atoms with Crippen molar-refractivity contribution < 1.29 is 19.1 Å². The van der Waals surface area contributed by atoms with Gasteiger partial charge in [0.2, 0.25) is 12.7 Å². The second kappa shape index (κ2) is 9.14. The van der Waals surface area contributed by atoms with Crippen molar-refractivity contribution in [3.63, 3.8) is 0 Å². The normalized spacial score (nSPS) is 14.2. The van der Waals surface area contributed by atoms with Gasteiger partial charge in [0.25, 0.3) is 5.91 Å². The Hall–Kier alpha value is -3.53. The summed E-state index contributed by atoms with van der Waals surface area (Å²) >= 11 is 1.35. The fourth-order valence-corrected chi connectivity index (χ4v) is 4.68. The molecule has 0 atom stereocenters. The molecule has 10 heteroatoms. The molecule has 1 aromatic heterocycles. The highest BCUT2D eigenvalue weighted by atomic mass is 32.2. The van der Waals surface area contributed by atoms with Gasteiger partial charge in [-0.25, -0.2) is 0 Å². The fourth-order valence-electron chi connectivity index (χ4n) is 3.85. The molecule has 0 aliphatic carbocycles. The number of fused-ring (bicyclic) bond motifs is 2. The molecule has 0 saturated carbocycles. The number of nitrogens with zero attached hydrogens (tertiary/aromatic N) is 4. The molecule has 0 radical (unpaired) electrons. The van der Waals surface area contributed by atoms with Crippen molar-refractivity contribution >= 4 is 23.6 Å². The number of hydrogen-bond donors (Lipinski definition) is 1. The topological polar surface area (TPSA) is 98.6 Å². The Morgan fingerprint density at radius 1 is 1.09 bits per heavy atom. The lowest BCUT2D eigenvalue weighted by Gasteiger charge is -2.28. The van der Waals surface area contributed by atoms with Crippen molar-refractivity contribution in [3.8, 4) is 11.5 Å². The number of rotatable bonds is 6. The predicted molar refractivity (Wildman–Crippen MR) is 121 cm³/mol. The van der Waals surface area contributed by atoms with E-state index in [4.69, 9.17) is 9.47 Å². The molecule has 2 aliphatic rings. The van der Waals surface area contributed by atoms with Crippen LogP contribution >= 0.6 is 11.8 Å². The zero-order valence-corrected chi connectivity index (χ0v) is 18.9. The maximum Gasteiger partial charge on any atom is 0.251 e.